The summed E-state index contributed by atoms with van der Waals surface area (Å²) in [6.07, 6.45) is 4.08. The van der Waals surface area contributed by atoms with Crippen molar-refractivity contribution in [1.82, 2.24) is 4.90 Å². The molecule has 3 aliphatic rings. The Hall–Kier alpha value is -3.12. The minimum absolute atomic E-state index is 0.116. The summed E-state index contributed by atoms with van der Waals surface area (Å²) in [7, 11) is 3.41. The summed E-state index contributed by atoms with van der Waals surface area (Å²) in [5, 5.41) is 0. The van der Waals surface area contributed by atoms with E-state index in [0.717, 1.165) is 52.4 Å². The Morgan fingerprint density at radius 3 is 2.55 bits per heavy atom. The highest BCUT2D eigenvalue weighted by Gasteiger charge is 2.36. The first-order valence-corrected chi connectivity index (χ1v) is 11.9. The molecule has 6 rings (SSSR count). The summed E-state index contributed by atoms with van der Waals surface area (Å²) < 4.78 is 24.0. The van der Waals surface area contributed by atoms with Crippen LogP contribution in [0.3, 0.4) is 0 Å². The van der Waals surface area contributed by atoms with Gasteiger partial charge < -0.3 is 23.8 Å². The fourth-order valence-electron chi connectivity index (χ4n) is 5.22. The van der Waals surface area contributed by atoms with Crippen LogP contribution in [0.5, 0.6) is 23.0 Å². The van der Waals surface area contributed by atoms with E-state index in [1.54, 1.807) is 14.2 Å². The summed E-state index contributed by atoms with van der Waals surface area (Å²) in [6.45, 7) is 1.20. The van der Waals surface area contributed by atoms with E-state index in [0.29, 0.717) is 0 Å². The number of benzene rings is 3. The van der Waals surface area contributed by atoms with Gasteiger partial charge in [0.2, 0.25) is 6.79 Å². The van der Waals surface area contributed by atoms with Crippen molar-refractivity contribution in [3.63, 3.8) is 0 Å². The molecule has 1 unspecified atom stereocenters. The average Bonchev–Trinajstić information content (AvgIpc) is 3.30. The third-order valence-corrected chi connectivity index (χ3v) is 7.30. The van der Waals surface area contributed by atoms with Crippen LogP contribution >= 0.6 is 15.9 Å². The zero-order valence-electron chi connectivity index (χ0n) is 18.6. The number of ether oxygens (including phenoxy) is 4. The van der Waals surface area contributed by atoms with Crippen LogP contribution in [0.15, 0.2) is 53.0 Å². The van der Waals surface area contributed by atoms with Crippen LogP contribution in [0, 0.1) is 0 Å². The quantitative estimate of drug-likeness (QED) is 0.444. The molecule has 0 aliphatic carbocycles. The average molecular weight is 506 g/mol. The highest BCUT2D eigenvalue weighted by molar-refractivity contribution is 9.10. The van der Waals surface area contributed by atoms with E-state index in [1.807, 2.05) is 6.07 Å². The van der Waals surface area contributed by atoms with E-state index in [-0.39, 0.29) is 12.8 Å². The molecule has 0 saturated heterocycles. The Morgan fingerprint density at radius 2 is 1.79 bits per heavy atom. The molecular weight excluding hydrogens is 482 g/mol. The van der Waals surface area contributed by atoms with Crippen molar-refractivity contribution in [1.29, 1.82) is 0 Å². The lowest BCUT2D eigenvalue weighted by Gasteiger charge is -2.43. The molecule has 0 aromatic heterocycles. The largest absolute Gasteiger partial charge is 0.493 e. The topological polar surface area (TPSA) is 40.2 Å². The molecule has 0 bridgehead atoms. The first kappa shape index (κ1) is 20.5. The summed E-state index contributed by atoms with van der Waals surface area (Å²) in [5.74, 6) is 3.23. The highest BCUT2D eigenvalue weighted by atomic mass is 79.9. The fraction of sp³-hybridized carbons (Fsp3) is 0.259. The third kappa shape index (κ3) is 3.35. The number of hydrogen-bond donors (Lipinski definition) is 0. The molecule has 0 radical (unpaired) electrons. The Labute approximate surface area is 201 Å². The minimum Gasteiger partial charge on any atom is -0.493 e. The maximum atomic E-state index is 5.91. The van der Waals surface area contributed by atoms with Gasteiger partial charge in [-0.2, -0.15) is 0 Å². The maximum absolute atomic E-state index is 5.91. The zero-order valence-corrected chi connectivity index (χ0v) is 20.1. The van der Waals surface area contributed by atoms with Crippen LogP contribution in [0.4, 0.5) is 0 Å². The van der Waals surface area contributed by atoms with E-state index in [2.05, 4.69) is 69.4 Å². The van der Waals surface area contributed by atoms with Crippen molar-refractivity contribution in [2.45, 2.75) is 18.9 Å². The second kappa shape index (κ2) is 8.03. The SMILES string of the molecule is COc1ccc2c(c1OC)C(Cc1ccc(Br)cc1)N1CCc3cc4c(cc3C1=C2)OCO4. The van der Waals surface area contributed by atoms with Gasteiger partial charge in [-0.3, -0.25) is 0 Å². The Morgan fingerprint density at radius 1 is 1.00 bits per heavy atom. The predicted octanol–water partition coefficient (Wildman–Crippen LogP) is 5.85. The summed E-state index contributed by atoms with van der Waals surface area (Å²) in [5.41, 5.74) is 7.34. The van der Waals surface area contributed by atoms with Crippen LogP contribution in [0.2, 0.25) is 0 Å². The molecule has 0 fully saturated rings. The summed E-state index contributed by atoms with van der Waals surface area (Å²) >= 11 is 3.56. The lowest BCUT2D eigenvalue weighted by Crippen LogP contribution is -2.36. The Bertz CT molecular complexity index is 1270. The van der Waals surface area contributed by atoms with E-state index >= 15 is 0 Å². The van der Waals surface area contributed by atoms with Gasteiger partial charge in [0.1, 0.15) is 0 Å². The van der Waals surface area contributed by atoms with E-state index < -0.39 is 0 Å². The normalized spacial score (nSPS) is 17.6. The number of nitrogens with zero attached hydrogens (tertiary/aromatic N) is 1. The van der Waals surface area contributed by atoms with Crippen molar-refractivity contribution in [2.24, 2.45) is 0 Å². The van der Waals surface area contributed by atoms with Gasteiger partial charge in [-0.05, 0) is 65.9 Å². The van der Waals surface area contributed by atoms with Gasteiger partial charge in [-0.15, -0.1) is 0 Å². The Balaban J connectivity index is 1.53. The number of methoxy groups -OCH3 is 2. The van der Waals surface area contributed by atoms with Crippen molar-refractivity contribution in [3.8, 4) is 23.0 Å². The number of rotatable bonds is 4. The number of halogens is 1. The van der Waals surface area contributed by atoms with Gasteiger partial charge in [-0.1, -0.05) is 34.1 Å². The van der Waals surface area contributed by atoms with E-state index in [1.165, 1.54) is 28.0 Å². The zero-order chi connectivity index (χ0) is 22.5. The molecule has 0 spiro atoms. The molecule has 1 atom stereocenters. The summed E-state index contributed by atoms with van der Waals surface area (Å²) in [6, 6.07) is 17.1. The second-order valence-electron chi connectivity index (χ2n) is 8.49. The van der Waals surface area contributed by atoms with Crippen LogP contribution in [0.1, 0.15) is 33.9 Å². The fourth-order valence-corrected chi connectivity index (χ4v) is 5.49. The third-order valence-electron chi connectivity index (χ3n) is 6.77. The molecule has 0 amide bonds. The van der Waals surface area contributed by atoms with Crippen LogP contribution in [-0.2, 0) is 12.8 Å². The van der Waals surface area contributed by atoms with Gasteiger partial charge in [-0.25, -0.2) is 0 Å². The first-order chi connectivity index (χ1) is 16.2. The Kier molecular flexibility index (Phi) is 4.98. The van der Waals surface area contributed by atoms with Crippen LogP contribution in [-0.4, -0.2) is 32.5 Å². The van der Waals surface area contributed by atoms with E-state index in [9.17, 15) is 0 Å². The standard InChI is InChI=1S/C27H24BrNO4/c1-30-23-8-5-18-12-21-20-14-25-24(32-15-33-25)13-17(20)9-10-29(21)22(26(18)27(23)31-2)11-16-3-6-19(28)7-4-16/h3-8,12-14,22H,9-11,15H2,1-2H3. The number of hydrogen-bond acceptors (Lipinski definition) is 5. The summed E-state index contributed by atoms with van der Waals surface area (Å²) in [4.78, 5) is 2.51. The van der Waals surface area contributed by atoms with Crippen LogP contribution in [0.25, 0.3) is 11.8 Å². The highest BCUT2D eigenvalue weighted by Crippen LogP contribution is 2.50. The van der Waals surface area contributed by atoms with Gasteiger partial charge >= 0.3 is 0 Å². The molecular formula is C27H24BrNO4. The second-order valence-corrected chi connectivity index (χ2v) is 9.40. The van der Waals surface area contributed by atoms with Gasteiger partial charge in [0, 0.05) is 27.8 Å². The monoisotopic (exact) mass is 505 g/mol. The first-order valence-electron chi connectivity index (χ1n) is 11.1. The van der Waals surface area contributed by atoms with Gasteiger partial charge in [0.25, 0.3) is 0 Å². The molecule has 3 aliphatic heterocycles. The molecule has 3 aromatic rings. The van der Waals surface area contributed by atoms with Crippen molar-refractivity contribution in [3.05, 3.63) is 80.8 Å². The van der Waals surface area contributed by atoms with Crippen molar-refractivity contribution in [2.75, 3.05) is 27.6 Å². The van der Waals surface area contributed by atoms with Gasteiger partial charge in [0.15, 0.2) is 23.0 Å². The molecule has 6 heteroatoms. The van der Waals surface area contributed by atoms with Crippen LogP contribution < -0.4 is 18.9 Å². The number of fused-ring (bicyclic) bond motifs is 5. The molecule has 168 valence electrons. The minimum atomic E-state index is 0.116. The lowest BCUT2D eigenvalue weighted by molar-refractivity contribution is 0.174. The van der Waals surface area contributed by atoms with Crippen molar-refractivity contribution < 1.29 is 18.9 Å². The molecule has 3 heterocycles. The lowest BCUT2D eigenvalue weighted by atomic mass is 9.84. The molecule has 0 saturated carbocycles. The molecule has 3 aromatic carbocycles. The van der Waals surface area contributed by atoms with Gasteiger partial charge in [0.05, 0.1) is 20.3 Å². The molecule has 33 heavy (non-hydrogen) atoms. The molecule has 5 nitrogen and oxygen atoms in total. The molecule has 0 N–H and O–H groups in total. The van der Waals surface area contributed by atoms with E-state index in [4.69, 9.17) is 18.9 Å². The van der Waals surface area contributed by atoms with Crippen molar-refractivity contribution >= 4 is 27.7 Å². The maximum Gasteiger partial charge on any atom is 0.231 e. The predicted molar refractivity (Wildman–Crippen MR) is 131 cm³/mol. The smallest absolute Gasteiger partial charge is 0.231 e.